The summed E-state index contributed by atoms with van der Waals surface area (Å²) < 4.78 is 0. The summed E-state index contributed by atoms with van der Waals surface area (Å²) in [7, 11) is 0. The van der Waals surface area contributed by atoms with E-state index in [4.69, 9.17) is 5.73 Å². The van der Waals surface area contributed by atoms with Crippen molar-refractivity contribution in [2.24, 2.45) is 5.73 Å². The molecule has 1 aromatic carbocycles. The Morgan fingerprint density at radius 2 is 2.19 bits per heavy atom. The molecule has 0 fully saturated rings. The average Bonchev–Trinajstić information content (AvgIpc) is 2.82. The number of carbonyl (C=O) groups excluding carboxylic acids is 1. The van der Waals surface area contributed by atoms with Gasteiger partial charge < -0.3 is 11.1 Å². The molecular weight excluding hydrogens is 220 g/mol. The molecule has 0 aliphatic heterocycles. The van der Waals surface area contributed by atoms with Crippen LogP contribution in [0.2, 0.25) is 0 Å². The van der Waals surface area contributed by atoms with Gasteiger partial charge in [-0.15, -0.1) is 11.3 Å². The second-order valence-electron chi connectivity index (χ2n) is 3.34. The summed E-state index contributed by atoms with van der Waals surface area (Å²) in [6.07, 6.45) is 0. The van der Waals surface area contributed by atoms with Gasteiger partial charge in [0.15, 0.2) is 0 Å². The minimum atomic E-state index is -0.0993. The molecule has 2 rings (SSSR count). The van der Waals surface area contributed by atoms with Crippen LogP contribution in [0.5, 0.6) is 0 Å². The summed E-state index contributed by atoms with van der Waals surface area (Å²) in [5, 5.41) is 5.60. The molecule has 82 valence electrons. The monoisotopic (exact) mass is 232 g/mol. The van der Waals surface area contributed by atoms with E-state index in [1.54, 1.807) is 6.07 Å². The van der Waals surface area contributed by atoms with Crippen LogP contribution in [0.25, 0.3) is 0 Å². The van der Waals surface area contributed by atoms with Gasteiger partial charge in [0.2, 0.25) is 0 Å². The van der Waals surface area contributed by atoms with E-state index in [-0.39, 0.29) is 5.91 Å². The third-order valence-electron chi connectivity index (χ3n) is 2.18. The molecule has 0 atom stereocenters. The highest BCUT2D eigenvalue weighted by Crippen LogP contribution is 2.16. The fraction of sp³-hybridized carbons (Fsp3) is 0.0833. The standard InChI is InChI=1S/C12H12N2OS/c13-8-9-3-1-4-10(7-9)12(15)14-11-5-2-6-16-11/h1-7H,8,13H2,(H,14,15). The summed E-state index contributed by atoms with van der Waals surface area (Å²) in [5.41, 5.74) is 7.12. The highest BCUT2D eigenvalue weighted by Gasteiger charge is 2.06. The summed E-state index contributed by atoms with van der Waals surface area (Å²) in [5.74, 6) is -0.0993. The van der Waals surface area contributed by atoms with Crippen molar-refractivity contribution in [3.05, 3.63) is 52.9 Å². The Hall–Kier alpha value is -1.65. The number of hydrogen-bond acceptors (Lipinski definition) is 3. The van der Waals surface area contributed by atoms with Crippen LogP contribution < -0.4 is 11.1 Å². The van der Waals surface area contributed by atoms with Crippen molar-refractivity contribution in [2.75, 3.05) is 5.32 Å². The molecule has 16 heavy (non-hydrogen) atoms. The van der Waals surface area contributed by atoms with Crippen LogP contribution in [-0.4, -0.2) is 5.91 Å². The van der Waals surface area contributed by atoms with Crippen molar-refractivity contribution < 1.29 is 4.79 Å². The molecule has 0 saturated heterocycles. The SMILES string of the molecule is NCc1cccc(C(=O)Nc2cccs2)c1. The van der Waals surface area contributed by atoms with Crippen LogP contribution in [0.3, 0.4) is 0 Å². The Kier molecular flexibility index (Phi) is 3.34. The summed E-state index contributed by atoms with van der Waals surface area (Å²) in [6, 6.07) is 11.1. The molecule has 1 heterocycles. The Balaban J connectivity index is 2.14. The third-order valence-corrected chi connectivity index (χ3v) is 2.97. The molecule has 0 aliphatic rings. The minimum absolute atomic E-state index is 0.0993. The lowest BCUT2D eigenvalue weighted by Crippen LogP contribution is -2.11. The number of benzene rings is 1. The predicted octanol–water partition coefficient (Wildman–Crippen LogP) is 2.46. The van der Waals surface area contributed by atoms with Crippen molar-refractivity contribution in [3.63, 3.8) is 0 Å². The molecule has 1 amide bonds. The molecule has 0 spiro atoms. The highest BCUT2D eigenvalue weighted by atomic mass is 32.1. The smallest absolute Gasteiger partial charge is 0.256 e. The summed E-state index contributed by atoms with van der Waals surface area (Å²) in [6.45, 7) is 0.445. The second kappa shape index (κ2) is 4.92. The van der Waals surface area contributed by atoms with Gasteiger partial charge in [0.1, 0.15) is 0 Å². The van der Waals surface area contributed by atoms with Gasteiger partial charge in [0.25, 0.3) is 5.91 Å². The fourth-order valence-corrected chi connectivity index (χ4v) is 1.99. The van der Waals surface area contributed by atoms with Crippen LogP contribution in [-0.2, 0) is 6.54 Å². The molecule has 4 heteroatoms. The number of hydrogen-bond donors (Lipinski definition) is 2. The molecule has 0 radical (unpaired) electrons. The van der Waals surface area contributed by atoms with E-state index in [1.165, 1.54) is 11.3 Å². The number of nitrogens with one attached hydrogen (secondary N) is 1. The van der Waals surface area contributed by atoms with Gasteiger partial charge in [-0.2, -0.15) is 0 Å². The lowest BCUT2D eigenvalue weighted by molar-refractivity contribution is 0.102. The first kappa shape index (κ1) is 10.9. The Morgan fingerprint density at radius 3 is 2.88 bits per heavy atom. The lowest BCUT2D eigenvalue weighted by atomic mass is 10.1. The largest absolute Gasteiger partial charge is 0.326 e. The number of amides is 1. The van der Waals surface area contributed by atoms with E-state index >= 15 is 0 Å². The maximum absolute atomic E-state index is 11.8. The normalized spacial score (nSPS) is 10.1. The zero-order chi connectivity index (χ0) is 11.4. The second-order valence-corrected chi connectivity index (χ2v) is 4.28. The Labute approximate surface area is 97.9 Å². The van der Waals surface area contributed by atoms with E-state index in [0.717, 1.165) is 10.6 Å². The van der Waals surface area contributed by atoms with Gasteiger partial charge in [-0.05, 0) is 35.2 Å². The maximum Gasteiger partial charge on any atom is 0.256 e. The molecule has 3 nitrogen and oxygen atoms in total. The van der Waals surface area contributed by atoms with Crippen molar-refractivity contribution in [3.8, 4) is 0 Å². The first-order chi connectivity index (χ1) is 7.79. The number of thiophene rings is 1. The van der Waals surface area contributed by atoms with Gasteiger partial charge >= 0.3 is 0 Å². The van der Waals surface area contributed by atoms with E-state index in [0.29, 0.717) is 12.1 Å². The number of anilines is 1. The lowest BCUT2D eigenvalue weighted by Gasteiger charge is -2.04. The van der Waals surface area contributed by atoms with Gasteiger partial charge in [-0.3, -0.25) is 4.79 Å². The molecule has 3 N–H and O–H groups in total. The van der Waals surface area contributed by atoms with Crippen LogP contribution >= 0.6 is 11.3 Å². The van der Waals surface area contributed by atoms with E-state index in [1.807, 2.05) is 35.7 Å². The topological polar surface area (TPSA) is 55.1 Å². The van der Waals surface area contributed by atoms with Crippen molar-refractivity contribution >= 4 is 22.2 Å². The highest BCUT2D eigenvalue weighted by molar-refractivity contribution is 7.14. The molecule has 0 saturated carbocycles. The van der Waals surface area contributed by atoms with E-state index in [2.05, 4.69) is 5.32 Å². The molecule has 1 aromatic heterocycles. The molecular formula is C12H12N2OS. The zero-order valence-electron chi connectivity index (χ0n) is 8.64. The fourth-order valence-electron chi connectivity index (χ4n) is 1.37. The first-order valence-corrected chi connectivity index (χ1v) is 5.81. The maximum atomic E-state index is 11.8. The number of nitrogens with two attached hydrogens (primary N) is 1. The molecule has 2 aromatic rings. The number of rotatable bonds is 3. The van der Waals surface area contributed by atoms with Gasteiger partial charge in [0.05, 0.1) is 5.00 Å². The Morgan fingerprint density at radius 1 is 1.31 bits per heavy atom. The molecule has 0 aliphatic carbocycles. The van der Waals surface area contributed by atoms with Crippen LogP contribution in [0.1, 0.15) is 15.9 Å². The van der Waals surface area contributed by atoms with Crippen molar-refractivity contribution in [1.82, 2.24) is 0 Å². The van der Waals surface area contributed by atoms with Gasteiger partial charge in [-0.25, -0.2) is 0 Å². The van der Waals surface area contributed by atoms with Crippen LogP contribution in [0.4, 0.5) is 5.00 Å². The van der Waals surface area contributed by atoms with Crippen molar-refractivity contribution in [2.45, 2.75) is 6.54 Å². The number of carbonyl (C=O) groups is 1. The van der Waals surface area contributed by atoms with Crippen LogP contribution in [0, 0.1) is 0 Å². The van der Waals surface area contributed by atoms with E-state index in [9.17, 15) is 4.79 Å². The first-order valence-electron chi connectivity index (χ1n) is 4.93. The average molecular weight is 232 g/mol. The quantitative estimate of drug-likeness (QED) is 0.854. The van der Waals surface area contributed by atoms with Gasteiger partial charge in [0, 0.05) is 12.1 Å². The summed E-state index contributed by atoms with van der Waals surface area (Å²) >= 11 is 1.50. The predicted molar refractivity (Wildman–Crippen MR) is 66.6 cm³/mol. The van der Waals surface area contributed by atoms with E-state index < -0.39 is 0 Å². The third kappa shape index (κ3) is 2.48. The van der Waals surface area contributed by atoms with Crippen molar-refractivity contribution in [1.29, 1.82) is 0 Å². The summed E-state index contributed by atoms with van der Waals surface area (Å²) in [4.78, 5) is 11.8. The zero-order valence-corrected chi connectivity index (χ0v) is 9.46. The molecule has 0 bridgehead atoms. The minimum Gasteiger partial charge on any atom is -0.326 e. The van der Waals surface area contributed by atoms with Crippen LogP contribution in [0.15, 0.2) is 41.8 Å². The Bertz CT molecular complexity index is 480. The molecule has 0 unspecified atom stereocenters. The van der Waals surface area contributed by atoms with Gasteiger partial charge in [-0.1, -0.05) is 12.1 Å².